The molecule has 5 nitrogen and oxygen atoms in total. The summed E-state index contributed by atoms with van der Waals surface area (Å²) < 4.78 is 0. The first-order valence-electron chi connectivity index (χ1n) is 8.50. The zero-order valence-electron chi connectivity index (χ0n) is 14.1. The molecule has 1 aromatic carbocycles. The first-order chi connectivity index (χ1) is 11.1. The van der Waals surface area contributed by atoms with Crippen LogP contribution in [0.5, 0.6) is 0 Å². The van der Waals surface area contributed by atoms with E-state index in [1.54, 1.807) is 0 Å². The lowest BCUT2D eigenvalue weighted by molar-refractivity contribution is -0.125. The molecule has 24 heavy (non-hydrogen) atoms. The van der Waals surface area contributed by atoms with Gasteiger partial charge in [0.15, 0.2) is 0 Å². The molecule has 0 bridgehead atoms. The topological polar surface area (TPSA) is 61.4 Å². The van der Waals surface area contributed by atoms with Crippen LogP contribution in [0.15, 0.2) is 24.3 Å². The summed E-state index contributed by atoms with van der Waals surface area (Å²) >= 11 is 0. The monoisotopic (exact) mass is 351 g/mol. The molecule has 1 aromatic rings. The zero-order valence-corrected chi connectivity index (χ0v) is 14.9. The highest BCUT2D eigenvalue weighted by Crippen LogP contribution is 2.16. The molecule has 0 spiro atoms. The van der Waals surface area contributed by atoms with Crippen molar-refractivity contribution >= 4 is 24.2 Å². The van der Waals surface area contributed by atoms with Crippen molar-refractivity contribution in [2.45, 2.75) is 32.2 Å². The van der Waals surface area contributed by atoms with Crippen molar-refractivity contribution in [1.29, 1.82) is 0 Å². The average molecular weight is 352 g/mol. The summed E-state index contributed by atoms with van der Waals surface area (Å²) in [6, 6.07) is 7.91. The minimum atomic E-state index is 0. The van der Waals surface area contributed by atoms with E-state index in [0.717, 1.165) is 43.5 Å². The van der Waals surface area contributed by atoms with Gasteiger partial charge in [0, 0.05) is 31.2 Å². The maximum Gasteiger partial charge on any atom is 0.253 e. The van der Waals surface area contributed by atoms with Crippen molar-refractivity contribution < 1.29 is 9.59 Å². The molecule has 2 amide bonds. The third kappa shape index (κ3) is 4.48. The molecule has 2 aliphatic heterocycles. The largest absolute Gasteiger partial charge is 0.353 e. The molecule has 132 valence electrons. The van der Waals surface area contributed by atoms with Crippen LogP contribution in [0, 0.1) is 12.8 Å². The number of hydrogen-bond donors (Lipinski definition) is 2. The average Bonchev–Trinajstić information content (AvgIpc) is 3.10. The fraction of sp³-hybridized carbons (Fsp3) is 0.556. The fourth-order valence-electron chi connectivity index (χ4n) is 3.30. The van der Waals surface area contributed by atoms with Crippen molar-refractivity contribution in [2.24, 2.45) is 5.92 Å². The van der Waals surface area contributed by atoms with E-state index < -0.39 is 0 Å². The summed E-state index contributed by atoms with van der Waals surface area (Å²) in [5.74, 6) is 0.371. The van der Waals surface area contributed by atoms with Crippen molar-refractivity contribution in [3.63, 3.8) is 0 Å². The Morgan fingerprint density at radius 3 is 2.38 bits per heavy atom. The van der Waals surface area contributed by atoms with E-state index in [0.29, 0.717) is 13.1 Å². The molecular formula is C18H26ClN3O2. The van der Waals surface area contributed by atoms with Crippen molar-refractivity contribution in [3.8, 4) is 0 Å². The highest BCUT2D eigenvalue weighted by molar-refractivity contribution is 5.94. The molecule has 1 unspecified atom stereocenters. The summed E-state index contributed by atoms with van der Waals surface area (Å²) in [4.78, 5) is 26.5. The number of benzene rings is 1. The third-order valence-corrected chi connectivity index (χ3v) is 4.86. The summed E-state index contributed by atoms with van der Waals surface area (Å²) in [5, 5.41) is 6.37. The standard InChI is InChI=1S/C18H25N3O2.ClH/c1-13-2-4-14(5-3-13)18(23)21-10-7-16(8-11-21)20-17(22)15-6-9-19-12-15;/h2-5,15-16,19H,6-12H2,1H3,(H,20,22);1H. The first-order valence-corrected chi connectivity index (χ1v) is 8.50. The van der Waals surface area contributed by atoms with Gasteiger partial charge in [0.05, 0.1) is 5.92 Å². The van der Waals surface area contributed by atoms with Gasteiger partial charge in [-0.15, -0.1) is 12.4 Å². The van der Waals surface area contributed by atoms with Gasteiger partial charge in [0.1, 0.15) is 0 Å². The van der Waals surface area contributed by atoms with Crippen molar-refractivity contribution in [2.75, 3.05) is 26.2 Å². The van der Waals surface area contributed by atoms with Crippen LogP contribution in [0.3, 0.4) is 0 Å². The molecule has 1 atom stereocenters. The van der Waals surface area contributed by atoms with Crippen LogP contribution in [-0.4, -0.2) is 48.9 Å². The zero-order chi connectivity index (χ0) is 16.2. The quantitative estimate of drug-likeness (QED) is 0.872. The minimum absolute atomic E-state index is 0. The van der Waals surface area contributed by atoms with Gasteiger partial charge >= 0.3 is 0 Å². The van der Waals surface area contributed by atoms with Crippen LogP contribution in [0.25, 0.3) is 0 Å². The molecule has 0 radical (unpaired) electrons. The van der Waals surface area contributed by atoms with Gasteiger partial charge in [-0.25, -0.2) is 0 Å². The normalized spacial score (nSPS) is 21.2. The van der Waals surface area contributed by atoms with Gasteiger partial charge in [-0.1, -0.05) is 17.7 Å². The first kappa shape index (κ1) is 18.7. The van der Waals surface area contributed by atoms with Gasteiger partial charge in [-0.2, -0.15) is 0 Å². The summed E-state index contributed by atoms with van der Waals surface area (Å²) in [6.45, 7) is 5.15. The lowest BCUT2D eigenvalue weighted by Gasteiger charge is -2.33. The Kier molecular flexibility index (Phi) is 6.63. The fourth-order valence-corrected chi connectivity index (χ4v) is 3.30. The third-order valence-electron chi connectivity index (χ3n) is 4.86. The second-order valence-corrected chi connectivity index (χ2v) is 6.63. The van der Waals surface area contributed by atoms with E-state index in [1.807, 2.05) is 36.1 Å². The Hall–Kier alpha value is -1.59. The van der Waals surface area contributed by atoms with Crippen LogP contribution in [-0.2, 0) is 4.79 Å². The van der Waals surface area contributed by atoms with E-state index in [1.165, 1.54) is 0 Å². The number of carbonyl (C=O) groups excluding carboxylic acids is 2. The number of nitrogens with zero attached hydrogens (tertiary/aromatic N) is 1. The number of amides is 2. The van der Waals surface area contributed by atoms with E-state index in [-0.39, 0.29) is 36.2 Å². The van der Waals surface area contributed by atoms with Gasteiger partial charge in [0.25, 0.3) is 5.91 Å². The van der Waals surface area contributed by atoms with Crippen molar-refractivity contribution in [3.05, 3.63) is 35.4 Å². The number of nitrogens with one attached hydrogen (secondary N) is 2. The van der Waals surface area contributed by atoms with Crippen LogP contribution in [0.2, 0.25) is 0 Å². The molecular weight excluding hydrogens is 326 g/mol. The second kappa shape index (κ2) is 8.49. The van der Waals surface area contributed by atoms with E-state index in [4.69, 9.17) is 0 Å². The summed E-state index contributed by atoms with van der Waals surface area (Å²) in [6.07, 6.45) is 2.60. The Balaban J connectivity index is 0.00000208. The van der Waals surface area contributed by atoms with E-state index in [2.05, 4.69) is 10.6 Å². The van der Waals surface area contributed by atoms with E-state index >= 15 is 0 Å². The van der Waals surface area contributed by atoms with Gasteiger partial charge in [-0.05, 0) is 44.9 Å². The Morgan fingerprint density at radius 1 is 1.12 bits per heavy atom. The van der Waals surface area contributed by atoms with Gasteiger partial charge in [0.2, 0.25) is 5.91 Å². The van der Waals surface area contributed by atoms with Crippen LogP contribution in [0.4, 0.5) is 0 Å². The number of hydrogen-bond acceptors (Lipinski definition) is 3. The maximum atomic E-state index is 12.5. The van der Waals surface area contributed by atoms with E-state index in [9.17, 15) is 9.59 Å². The Morgan fingerprint density at radius 2 is 1.79 bits per heavy atom. The number of piperidine rings is 1. The molecule has 2 heterocycles. The molecule has 2 N–H and O–H groups in total. The lowest BCUT2D eigenvalue weighted by Crippen LogP contribution is -2.48. The molecule has 0 aliphatic carbocycles. The highest BCUT2D eigenvalue weighted by atomic mass is 35.5. The summed E-state index contributed by atoms with van der Waals surface area (Å²) in [7, 11) is 0. The molecule has 0 aromatic heterocycles. The predicted molar refractivity (Wildman–Crippen MR) is 96.5 cm³/mol. The van der Waals surface area contributed by atoms with Gasteiger partial charge < -0.3 is 15.5 Å². The smallest absolute Gasteiger partial charge is 0.253 e. The maximum absolute atomic E-state index is 12.5. The molecule has 6 heteroatoms. The Bertz CT molecular complexity index is 562. The minimum Gasteiger partial charge on any atom is -0.353 e. The van der Waals surface area contributed by atoms with Crippen molar-refractivity contribution in [1.82, 2.24) is 15.5 Å². The number of rotatable bonds is 3. The molecule has 2 aliphatic rings. The second-order valence-electron chi connectivity index (χ2n) is 6.63. The lowest BCUT2D eigenvalue weighted by atomic mass is 10.0. The Labute approximate surface area is 149 Å². The SMILES string of the molecule is Cc1ccc(C(=O)N2CCC(NC(=O)C3CCNC3)CC2)cc1.Cl. The number of likely N-dealkylation sites (tertiary alicyclic amines) is 1. The molecule has 2 saturated heterocycles. The predicted octanol–water partition coefficient (Wildman–Crippen LogP) is 1.75. The summed E-state index contributed by atoms with van der Waals surface area (Å²) in [5.41, 5.74) is 1.90. The number of carbonyl (C=O) groups is 2. The molecule has 2 fully saturated rings. The van der Waals surface area contributed by atoms with Crippen LogP contribution in [0.1, 0.15) is 35.2 Å². The van der Waals surface area contributed by atoms with Crippen LogP contribution >= 0.6 is 12.4 Å². The number of aryl methyl sites for hydroxylation is 1. The van der Waals surface area contributed by atoms with Crippen LogP contribution < -0.4 is 10.6 Å². The molecule has 3 rings (SSSR count). The number of halogens is 1. The highest BCUT2D eigenvalue weighted by Gasteiger charge is 2.28. The van der Waals surface area contributed by atoms with Gasteiger partial charge in [-0.3, -0.25) is 9.59 Å². The molecule has 0 saturated carbocycles.